The van der Waals surface area contributed by atoms with Crippen LogP contribution in [0.15, 0.2) is 77.5 Å². The minimum atomic E-state index is -0.176. The summed E-state index contributed by atoms with van der Waals surface area (Å²) in [4.78, 5) is 14.0. The van der Waals surface area contributed by atoms with Gasteiger partial charge in [-0.2, -0.15) is 4.52 Å². The maximum Gasteiger partial charge on any atom is 0.226 e. The molecule has 0 atom stereocenters. The number of anilines is 2. The van der Waals surface area contributed by atoms with Crippen molar-refractivity contribution in [1.29, 1.82) is 0 Å². The standard InChI is InChI=1S/C28H28FN7O/c1-20-7-2-3-8-21(20)17-30-28-31-18-22(27-32-26(33-36(27)28)25-11-6-16-37-25)19-34-12-14-35(15-13-34)24-10-5-4-9-23(24)29/h2-11,16,18H,12-15,17,19H2,1H3,(H,30,31). The second-order valence-electron chi connectivity index (χ2n) is 9.25. The van der Waals surface area contributed by atoms with Gasteiger partial charge in [-0.3, -0.25) is 4.90 Å². The summed E-state index contributed by atoms with van der Waals surface area (Å²) in [6, 6.07) is 18.9. The van der Waals surface area contributed by atoms with Gasteiger partial charge < -0.3 is 14.6 Å². The van der Waals surface area contributed by atoms with Crippen LogP contribution in [0.5, 0.6) is 0 Å². The minimum Gasteiger partial charge on any atom is -0.461 e. The number of para-hydroxylation sites is 1. The highest BCUT2D eigenvalue weighted by molar-refractivity contribution is 5.58. The number of furan rings is 1. The Balaban J connectivity index is 1.24. The van der Waals surface area contributed by atoms with Gasteiger partial charge in [-0.15, -0.1) is 5.10 Å². The van der Waals surface area contributed by atoms with Gasteiger partial charge in [-0.05, 0) is 42.3 Å². The topological polar surface area (TPSA) is 74.7 Å². The number of nitrogens with zero attached hydrogens (tertiary/aromatic N) is 6. The molecular weight excluding hydrogens is 469 g/mol. The maximum absolute atomic E-state index is 14.2. The zero-order chi connectivity index (χ0) is 25.2. The molecule has 0 unspecified atom stereocenters. The van der Waals surface area contributed by atoms with Gasteiger partial charge in [0.25, 0.3) is 0 Å². The molecule has 2 aromatic carbocycles. The first-order valence-corrected chi connectivity index (χ1v) is 12.4. The van der Waals surface area contributed by atoms with Gasteiger partial charge in [0.2, 0.25) is 11.8 Å². The summed E-state index contributed by atoms with van der Waals surface area (Å²) in [6.45, 7) is 6.54. The van der Waals surface area contributed by atoms with Gasteiger partial charge in [0.1, 0.15) is 5.82 Å². The van der Waals surface area contributed by atoms with Crippen molar-refractivity contribution < 1.29 is 8.81 Å². The number of aromatic nitrogens is 4. The van der Waals surface area contributed by atoms with Crippen molar-refractivity contribution in [2.45, 2.75) is 20.0 Å². The number of rotatable bonds is 7. The number of hydrogen-bond donors (Lipinski definition) is 1. The predicted molar refractivity (Wildman–Crippen MR) is 141 cm³/mol. The van der Waals surface area contributed by atoms with E-state index >= 15 is 0 Å². The Morgan fingerprint density at radius 2 is 1.76 bits per heavy atom. The van der Waals surface area contributed by atoms with Gasteiger partial charge in [-0.25, -0.2) is 14.4 Å². The highest BCUT2D eigenvalue weighted by atomic mass is 19.1. The summed E-state index contributed by atoms with van der Waals surface area (Å²) in [7, 11) is 0. The zero-order valence-corrected chi connectivity index (χ0v) is 20.6. The summed E-state index contributed by atoms with van der Waals surface area (Å²) >= 11 is 0. The third-order valence-electron chi connectivity index (χ3n) is 6.84. The molecule has 0 amide bonds. The molecule has 188 valence electrons. The second kappa shape index (κ2) is 10.0. The van der Waals surface area contributed by atoms with Crippen LogP contribution in [0.3, 0.4) is 0 Å². The fourth-order valence-electron chi connectivity index (χ4n) is 4.74. The summed E-state index contributed by atoms with van der Waals surface area (Å²) in [6.07, 6.45) is 3.49. The van der Waals surface area contributed by atoms with E-state index in [1.165, 1.54) is 17.2 Å². The van der Waals surface area contributed by atoms with Crippen molar-refractivity contribution in [3.8, 4) is 11.6 Å². The van der Waals surface area contributed by atoms with Crippen molar-refractivity contribution in [2.24, 2.45) is 0 Å². The molecule has 4 heterocycles. The number of hydrogen-bond acceptors (Lipinski definition) is 7. The zero-order valence-electron chi connectivity index (χ0n) is 20.6. The number of piperazine rings is 1. The van der Waals surface area contributed by atoms with Crippen molar-refractivity contribution in [2.75, 3.05) is 36.4 Å². The van der Waals surface area contributed by atoms with Crippen LogP contribution in [0.25, 0.3) is 17.2 Å². The molecule has 1 aliphatic rings. The Morgan fingerprint density at radius 1 is 0.946 bits per heavy atom. The molecule has 1 saturated heterocycles. The smallest absolute Gasteiger partial charge is 0.226 e. The Bertz CT molecular complexity index is 1510. The van der Waals surface area contributed by atoms with Crippen molar-refractivity contribution in [1.82, 2.24) is 24.5 Å². The average Bonchev–Trinajstić information content (AvgIpc) is 3.61. The van der Waals surface area contributed by atoms with Crippen molar-refractivity contribution in [3.63, 3.8) is 0 Å². The van der Waals surface area contributed by atoms with Crippen molar-refractivity contribution in [3.05, 3.63) is 95.6 Å². The molecule has 9 heteroatoms. The molecule has 3 aromatic heterocycles. The molecule has 0 spiro atoms. The maximum atomic E-state index is 14.2. The first kappa shape index (κ1) is 23.2. The lowest BCUT2D eigenvalue weighted by atomic mass is 10.1. The third-order valence-corrected chi connectivity index (χ3v) is 6.84. The van der Waals surface area contributed by atoms with Gasteiger partial charge in [0, 0.05) is 51.0 Å². The van der Waals surface area contributed by atoms with E-state index in [1.807, 2.05) is 42.6 Å². The Labute approximate surface area is 214 Å². The Morgan fingerprint density at radius 3 is 2.54 bits per heavy atom. The van der Waals surface area contributed by atoms with E-state index in [1.54, 1.807) is 16.8 Å². The second-order valence-corrected chi connectivity index (χ2v) is 9.25. The van der Waals surface area contributed by atoms with E-state index in [0.29, 0.717) is 36.3 Å². The van der Waals surface area contributed by atoms with Gasteiger partial charge >= 0.3 is 0 Å². The van der Waals surface area contributed by atoms with E-state index in [4.69, 9.17) is 19.5 Å². The number of halogens is 1. The third kappa shape index (κ3) is 4.77. The van der Waals surface area contributed by atoms with Crippen LogP contribution in [0.1, 0.15) is 16.7 Å². The molecule has 0 saturated carbocycles. The fourth-order valence-corrected chi connectivity index (χ4v) is 4.74. The van der Waals surface area contributed by atoms with E-state index < -0.39 is 0 Å². The van der Waals surface area contributed by atoms with Gasteiger partial charge in [0.05, 0.1) is 12.0 Å². The molecule has 5 aromatic rings. The fraction of sp³-hybridized carbons (Fsp3) is 0.250. The predicted octanol–water partition coefficient (Wildman–Crippen LogP) is 4.77. The monoisotopic (exact) mass is 497 g/mol. The molecule has 0 radical (unpaired) electrons. The summed E-state index contributed by atoms with van der Waals surface area (Å²) < 4.78 is 21.6. The van der Waals surface area contributed by atoms with E-state index in [9.17, 15) is 4.39 Å². The van der Waals surface area contributed by atoms with Crippen LogP contribution in [-0.2, 0) is 13.1 Å². The number of aryl methyl sites for hydroxylation is 1. The first-order chi connectivity index (χ1) is 18.2. The van der Waals surface area contributed by atoms with Crippen LogP contribution in [0, 0.1) is 12.7 Å². The van der Waals surface area contributed by atoms with Crippen LogP contribution < -0.4 is 10.2 Å². The summed E-state index contributed by atoms with van der Waals surface area (Å²) in [5.41, 5.74) is 4.79. The van der Waals surface area contributed by atoms with Crippen LogP contribution in [0.2, 0.25) is 0 Å². The highest BCUT2D eigenvalue weighted by Crippen LogP contribution is 2.24. The van der Waals surface area contributed by atoms with E-state index in [-0.39, 0.29) is 5.82 Å². The summed E-state index contributed by atoms with van der Waals surface area (Å²) in [5, 5.41) is 8.15. The molecule has 6 rings (SSSR count). The average molecular weight is 498 g/mol. The molecular formula is C28H28FN7O. The Kier molecular flexibility index (Phi) is 6.28. The lowest BCUT2D eigenvalue weighted by Crippen LogP contribution is -2.46. The van der Waals surface area contributed by atoms with E-state index in [2.05, 4.69) is 34.2 Å². The number of nitrogens with one attached hydrogen (secondary N) is 1. The molecule has 1 fully saturated rings. The highest BCUT2D eigenvalue weighted by Gasteiger charge is 2.22. The molecule has 8 nitrogen and oxygen atoms in total. The summed E-state index contributed by atoms with van der Waals surface area (Å²) in [5.74, 6) is 1.57. The van der Waals surface area contributed by atoms with Crippen LogP contribution >= 0.6 is 0 Å². The normalized spacial score (nSPS) is 14.4. The van der Waals surface area contributed by atoms with Gasteiger partial charge in [0.15, 0.2) is 11.4 Å². The number of fused-ring (bicyclic) bond motifs is 1. The minimum absolute atomic E-state index is 0.176. The Hall–Kier alpha value is -4.24. The van der Waals surface area contributed by atoms with Crippen LogP contribution in [0.4, 0.5) is 16.0 Å². The molecule has 1 N–H and O–H groups in total. The van der Waals surface area contributed by atoms with Crippen LogP contribution in [-0.4, -0.2) is 50.7 Å². The molecule has 1 aliphatic heterocycles. The first-order valence-electron chi connectivity index (χ1n) is 12.4. The molecule has 0 bridgehead atoms. The molecule has 37 heavy (non-hydrogen) atoms. The van der Waals surface area contributed by atoms with E-state index in [0.717, 1.165) is 37.4 Å². The lowest BCUT2D eigenvalue weighted by Gasteiger charge is -2.36. The van der Waals surface area contributed by atoms with Crippen molar-refractivity contribution >= 4 is 17.3 Å². The van der Waals surface area contributed by atoms with Gasteiger partial charge in [-0.1, -0.05) is 36.4 Å². The molecule has 0 aliphatic carbocycles. The quantitative estimate of drug-likeness (QED) is 0.347. The number of benzene rings is 2. The largest absolute Gasteiger partial charge is 0.461 e. The lowest BCUT2D eigenvalue weighted by molar-refractivity contribution is 0.249. The SMILES string of the molecule is Cc1ccccc1CNc1ncc(CN2CCN(c3ccccc3F)CC2)c2nc(-c3ccco3)nn12.